The summed E-state index contributed by atoms with van der Waals surface area (Å²) in [6.07, 6.45) is -1.15. The maximum Gasteiger partial charge on any atom is 0.387 e. The molecule has 24 heavy (non-hydrogen) atoms. The number of hydrogen-bond acceptors (Lipinski definition) is 5. The van der Waals surface area contributed by atoms with E-state index in [1.165, 1.54) is 24.3 Å². The molecule has 0 heterocycles. The molecular weight excluding hydrogens is 331 g/mol. The number of non-ortho nitro benzene ring substituents is 1. The van der Waals surface area contributed by atoms with E-state index in [0.717, 1.165) is 18.2 Å². The number of ether oxygens (including phenoxy) is 2. The molecule has 1 unspecified atom stereocenters. The van der Waals surface area contributed by atoms with E-state index in [9.17, 15) is 28.4 Å². The predicted molar refractivity (Wildman–Crippen MR) is 76.6 cm³/mol. The molecule has 0 radical (unpaired) electrons. The monoisotopic (exact) mass is 343 g/mol. The third-order valence-electron chi connectivity index (χ3n) is 2.96. The van der Waals surface area contributed by atoms with E-state index in [1.807, 2.05) is 0 Å². The molecule has 128 valence electrons. The number of aliphatic hydroxyl groups excluding tert-OH is 1. The number of nitrogens with zero attached hydrogens (tertiary/aromatic N) is 1. The van der Waals surface area contributed by atoms with E-state index in [0.29, 0.717) is 5.56 Å². The van der Waals surface area contributed by atoms with Gasteiger partial charge >= 0.3 is 6.61 Å². The molecule has 0 bridgehead atoms. The van der Waals surface area contributed by atoms with Crippen LogP contribution in [-0.2, 0) is 0 Å². The summed E-state index contributed by atoms with van der Waals surface area (Å²) in [5.41, 5.74) is -0.129. The molecule has 2 aromatic rings. The zero-order valence-electron chi connectivity index (χ0n) is 12.1. The molecule has 0 saturated heterocycles. The second-order valence-corrected chi connectivity index (χ2v) is 4.68. The Morgan fingerprint density at radius 2 is 1.79 bits per heavy atom. The molecule has 9 heteroatoms. The number of nitro benzene ring substituents is 1. The Kier molecular flexibility index (Phi) is 5.59. The first kappa shape index (κ1) is 17.5. The van der Waals surface area contributed by atoms with Gasteiger partial charge < -0.3 is 14.6 Å². The summed E-state index contributed by atoms with van der Waals surface area (Å²) in [4.78, 5) is 9.87. The van der Waals surface area contributed by atoms with Gasteiger partial charge in [-0.05, 0) is 17.7 Å². The van der Waals surface area contributed by atoms with Gasteiger partial charge in [0, 0.05) is 6.07 Å². The molecule has 6 nitrogen and oxygen atoms in total. The normalized spacial score (nSPS) is 12.0. The van der Waals surface area contributed by atoms with Crippen molar-refractivity contribution < 1.29 is 32.7 Å². The lowest BCUT2D eigenvalue weighted by Gasteiger charge is -2.13. The van der Waals surface area contributed by atoms with Crippen molar-refractivity contribution in [3.05, 3.63) is 64.0 Å². The fourth-order valence-electron chi connectivity index (χ4n) is 1.88. The van der Waals surface area contributed by atoms with E-state index in [2.05, 4.69) is 4.74 Å². The SMILES string of the molecule is O=[N+]([O-])c1cc(F)cc(OCC(O)c2ccc(OC(F)F)cc2)c1. The van der Waals surface area contributed by atoms with Crippen LogP contribution in [0.3, 0.4) is 0 Å². The van der Waals surface area contributed by atoms with Gasteiger partial charge in [-0.25, -0.2) is 4.39 Å². The summed E-state index contributed by atoms with van der Waals surface area (Å²) in [7, 11) is 0. The minimum Gasteiger partial charge on any atom is -0.490 e. The molecule has 0 spiro atoms. The minimum atomic E-state index is -2.95. The Morgan fingerprint density at radius 1 is 1.12 bits per heavy atom. The molecule has 0 aliphatic heterocycles. The van der Waals surface area contributed by atoms with E-state index in [-0.39, 0.29) is 18.1 Å². The highest BCUT2D eigenvalue weighted by Crippen LogP contribution is 2.24. The molecule has 1 atom stereocenters. The van der Waals surface area contributed by atoms with Crippen LogP contribution in [0.4, 0.5) is 18.9 Å². The smallest absolute Gasteiger partial charge is 0.387 e. The van der Waals surface area contributed by atoms with Crippen LogP contribution in [0.15, 0.2) is 42.5 Å². The Labute approximate surface area is 134 Å². The van der Waals surface area contributed by atoms with Crippen LogP contribution in [0, 0.1) is 15.9 Å². The van der Waals surface area contributed by atoms with Gasteiger partial charge in [-0.1, -0.05) is 12.1 Å². The third kappa shape index (κ3) is 4.85. The van der Waals surface area contributed by atoms with Crippen LogP contribution >= 0.6 is 0 Å². The van der Waals surface area contributed by atoms with E-state index in [1.54, 1.807) is 0 Å². The molecule has 0 aliphatic carbocycles. The predicted octanol–water partition coefficient (Wildman–Crippen LogP) is 3.45. The maximum atomic E-state index is 13.3. The number of rotatable bonds is 7. The first-order chi connectivity index (χ1) is 11.3. The minimum absolute atomic E-state index is 0.0670. The number of halogens is 3. The molecule has 2 rings (SSSR count). The van der Waals surface area contributed by atoms with Crippen molar-refractivity contribution >= 4 is 5.69 Å². The molecule has 2 aromatic carbocycles. The van der Waals surface area contributed by atoms with Gasteiger partial charge in [0.05, 0.1) is 17.1 Å². The zero-order chi connectivity index (χ0) is 17.7. The highest BCUT2D eigenvalue weighted by Gasteiger charge is 2.14. The number of hydrogen-bond donors (Lipinski definition) is 1. The molecule has 0 saturated carbocycles. The van der Waals surface area contributed by atoms with E-state index in [4.69, 9.17) is 4.74 Å². The highest BCUT2D eigenvalue weighted by atomic mass is 19.3. The summed E-state index contributed by atoms with van der Waals surface area (Å²) in [5, 5.41) is 20.6. The van der Waals surface area contributed by atoms with Gasteiger partial charge in [0.1, 0.15) is 30.0 Å². The first-order valence-electron chi connectivity index (χ1n) is 6.66. The van der Waals surface area contributed by atoms with E-state index >= 15 is 0 Å². The summed E-state index contributed by atoms with van der Waals surface area (Å²) in [6, 6.07) is 7.93. The van der Waals surface area contributed by atoms with Crippen molar-refractivity contribution in [2.24, 2.45) is 0 Å². The molecule has 1 N–H and O–H groups in total. The number of aliphatic hydroxyl groups is 1. The van der Waals surface area contributed by atoms with Crippen LogP contribution in [-0.4, -0.2) is 23.2 Å². The van der Waals surface area contributed by atoms with Crippen LogP contribution in [0.1, 0.15) is 11.7 Å². The van der Waals surface area contributed by atoms with Crippen LogP contribution < -0.4 is 9.47 Å². The molecular formula is C15H12F3NO5. The third-order valence-corrected chi connectivity index (χ3v) is 2.96. The lowest BCUT2D eigenvalue weighted by Crippen LogP contribution is -2.10. The lowest BCUT2D eigenvalue weighted by atomic mass is 10.1. The van der Waals surface area contributed by atoms with Gasteiger partial charge in [0.15, 0.2) is 0 Å². The number of nitro groups is 1. The van der Waals surface area contributed by atoms with E-state index < -0.39 is 29.1 Å². The van der Waals surface area contributed by atoms with Gasteiger partial charge in [-0.2, -0.15) is 8.78 Å². The summed E-state index contributed by atoms with van der Waals surface area (Å²) < 4.78 is 46.7. The van der Waals surface area contributed by atoms with Crippen molar-refractivity contribution in [3.8, 4) is 11.5 Å². The van der Waals surface area contributed by atoms with Crippen LogP contribution in [0.25, 0.3) is 0 Å². The van der Waals surface area contributed by atoms with Crippen molar-refractivity contribution in [2.45, 2.75) is 12.7 Å². The largest absolute Gasteiger partial charge is 0.490 e. The molecule has 0 amide bonds. The summed E-state index contributed by atoms with van der Waals surface area (Å²) >= 11 is 0. The van der Waals surface area contributed by atoms with Crippen molar-refractivity contribution in [2.75, 3.05) is 6.61 Å². The van der Waals surface area contributed by atoms with Crippen LogP contribution in [0.2, 0.25) is 0 Å². The van der Waals surface area contributed by atoms with Gasteiger partial charge in [0.2, 0.25) is 0 Å². The standard InChI is InChI=1S/C15H12F3NO5/c16-10-5-11(19(21)22)7-13(6-10)23-8-14(20)9-1-3-12(4-2-9)24-15(17)18/h1-7,14-15,20H,8H2. The Balaban J connectivity index is 2.00. The molecule has 0 fully saturated rings. The first-order valence-corrected chi connectivity index (χ1v) is 6.66. The van der Waals surface area contributed by atoms with Gasteiger partial charge in [-0.3, -0.25) is 10.1 Å². The lowest BCUT2D eigenvalue weighted by molar-refractivity contribution is -0.385. The summed E-state index contributed by atoms with van der Waals surface area (Å²) in [5.74, 6) is -1.02. The average Bonchev–Trinajstić information content (AvgIpc) is 2.52. The fraction of sp³-hybridized carbons (Fsp3) is 0.200. The molecule has 0 aromatic heterocycles. The maximum absolute atomic E-state index is 13.3. The zero-order valence-corrected chi connectivity index (χ0v) is 12.1. The second kappa shape index (κ2) is 7.64. The number of alkyl halides is 2. The van der Waals surface area contributed by atoms with Crippen molar-refractivity contribution in [1.82, 2.24) is 0 Å². The van der Waals surface area contributed by atoms with Crippen molar-refractivity contribution in [1.29, 1.82) is 0 Å². The Bertz CT molecular complexity index is 709. The summed E-state index contributed by atoms with van der Waals surface area (Å²) in [6.45, 7) is -3.26. The fourth-order valence-corrected chi connectivity index (χ4v) is 1.88. The van der Waals surface area contributed by atoms with Gasteiger partial charge in [-0.15, -0.1) is 0 Å². The topological polar surface area (TPSA) is 81.8 Å². The highest BCUT2D eigenvalue weighted by molar-refractivity contribution is 5.39. The quantitative estimate of drug-likeness (QED) is 0.615. The second-order valence-electron chi connectivity index (χ2n) is 4.68. The Hall–Kier alpha value is -2.81. The average molecular weight is 343 g/mol. The van der Waals surface area contributed by atoms with Crippen molar-refractivity contribution in [3.63, 3.8) is 0 Å². The number of benzene rings is 2. The Morgan fingerprint density at radius 3 is 2.38 bits per heavy atom. The van der Waals surface area contributed by atoms with Gasteiger partial charge in [0.25, 0.3) is 5.69 Å². The molecule has 0 aliphatic rings. The van der Waals surface area contributed by atoms with Crippen LogP contribution in [0.5, 0.6) is 11.5 Å².